The SMILES string of the molecule is CC(C)(C(=O)N1CCCS(=O)(=O)CC1)C1CCCNC1. The molecule has 1 N–H and O–H groups in total. The van der Waals surface area contributed by atoms with E-state index in [1.165, 1.54) is 0 Å². The van der Waals surface area contributed by atoms with Crippen LogP contribution in [0.1, 0.15) is 33.1 Å². The minimum Gasteiger partial charge on any atom is -0.341 e. The maximum Gasteiger partial charge on any atom is 0.228 e. The number of carbonyl (C=O) groups is 1. The van der Waals surface area contributed by atoms with E-state index in [2.05, 4.69) is 5.32 Å². The van der Waals surface area contributed by atoms with E-state index in [1.54, 1.807) is 4.90 Å². The Labute approximate surface area is 122 Å². The second-order valence-corrected chi connectivity index (χ2v) is 8.87. The average Bonchev–Trinajstić information content (AvgIpc) is 2.60. The van der Waals surface area contributed by atoms with Crippen LogP contribution in [0.3, 0.4) is 0 Å². The summed E-state index contributed by atoms with van der Waals surface area (Å²) in [6, 6.07) is 0. The number of nitrogens with zero attached hydrogens (tertiary/aromatic N) is 1. The van der Waals surface area contributed by atoms with Crippen LogP contribution in [0.4, 0.5) is 0 Å². The second kappa shape index (κ2) is 6.02. The normalized spacial score (nSPS) is 27.9. The predicted octanol–water partition coefficient (Wildman–Crippen LogP) is 0.659. The Bertz CT molecular complexity index is 453. The molecule has 116 valence electrons. The molecular weight excluding hydrogens is 276 g/mol. The minimum absolute atomic E-state index is 0.109. The summed E-state index contributed by atoms with van der Waals surface area (Å²) < 4.78 is 23.3. The summed E-state index contributed by atoms with van der Waals surface area (Å²) in [4.78, 5) is 14.5. The van der Waals surface area contributed by atoms with E-state index in [4.69, 9.17) is 0 Å². The summed E-state index contributed by atoms with van der Waals surface area (Å²) in [6.07, 6.45) is 2.74. The van der Waals surface area contributed by atoms with Crippen molar-refractivity contribution in [2.75, 3.05) is 37.7 Å². The van der Waals surface area contributed by atoms with E-state index >= 15 is 0 Å². The van der Waals surface area contributed by atoms with Crippen molar-refractivity contribution in [3.05, 3.63) is 0 Å². The molecule has 2 rings (SSSR count). The third-order valence-corrected chi connectivity index (χ3v) is 6.43. The molecule has 6 heteroatoms. The standard InChI is InChI=1S/C14H26N2O3S/c1-14(2,12-5-3-6-15-11-12)13(17)16-7-4-9-20(18,19)10-8-16/h12,15H,3-11H2,1-2H3. The number of carbonyl (C=O) groups excluding carboxylic acids is 1. The van der Waals surface area contributed by atoms with Gasteiger partial charge in [0.1, 0.15) is 0 Å². The molecule has 0 aliphatic carbocycles. The fourth-order valence-electron chi connectivity index (χ4n) is 3.19. The van der Waals surface area contributed by atoms with Gasteiger partial charge in [0.25, 0.3) is 0 Å². The molecule has 2 heterocycles. The smallest absolute Gasteiger partial charge is 0.228 e. The summed E-state index contributed by atoms with van der Waals surface area (Å²) in [5.74, 6) is 0.770. The van der Waals surface area contributed by atoms with Crippen LogP contribution in [-0.2, 0) is 14.6 Å². The molecule has 1 unspecified atom stereocenters. The van der Waals surface area contributed by atoms with Crippen molar-refractivity contribution in [2.45, 2.75) is 33.1 Å². The van der Waals surface area contributed by atoms with Gasteiger partial charge in [-0.1, -0.05) is 13.8 Å². The summed E-state index contributed by atoms with van der Waals surface area (Å²) in [5.41, 5.74) is -0.415. The Balaban J connectivity index is 2.05. The Morgan fingerprint density at radius 2 is 1.95 bits per heavy atom. The first-order chi connectivity index (χ1) is 9.33. The lowest BCUT2D eigenvalue weighted by Crippen LogP contribution is -2.49. The Morgan fingerprint density at radius 3 is 2.60 bits per heavy atom. The number of amides is 1. The predicted molar refractivity (Wildman–Crippen MR) is 79.2 cm³/mol. The highest BCUT2D eigenvalue weighted by Gasteiger charge is 2.40. The van der Waals surface area contributed by atoms with Gasteiger partial charge < -0.3 is 10.2 Å². The van der Waals surface area contributed by atoms with Crippen molar-refractivity contribution in [3.63, 3.8) is 0 Å². The lowest BCUT2D eigenvalue weighted by Gasteiger charge is -2.39. The van der Waals surface area contributed by atoms with Crippen molar-refractivity contribution in [1.29, 1.82) is 0 Å². The van der Waals surface area contributed by atoms with Gasteiger partial charge in [0.05, 0.1) is 11.5 Å². The number of rotatable bonds is 2. The van der Waals surface area contributed by atoms with Crippen molar-refractivity contribution in [3.8, 4) is 0 Å². The quantitative estimate of drug-likeness (QED) is 0.814. The van der Waals surface area contributed by atoms with E-state index in [1.807, 2.05) is 13.8 Å². The number of hydrogen-bond donors (Lipinski definition) is 1. The Kier molecular flexibility index (Phi) is 4.74. The number of hydrogen-bond acceptors (Lipinski definition) is 4. The summed E-state index contributed by atoms with van der Waals surface area (Å²) in [5, 5.41) is 3.36. The van der Waals surface area contributed by atoms with Crippen LogP contribution in [0.2, 0.25) is 0 Å². The molecule has 2 fully saturated rings. The van der Waals surface area contributed by atoms with Gasteiger partial charge in [0.15, 0.2) is 9.84 Å². The van der Waals surface area contributed by atoms with Crippen LogP contribution >= 0.6 is 0 Å². The largest absolute Gasteiger partial charge is 0.341 e. The fourth-order valence-corrected chi connectivity index (χ4v) is 4.46. The second-order valence-electron chi connectivity index (χ2n) is 6.56. The fraction of sp³-hybridized carbons (Fsp3) is 0.929. The monoisotopic (exact) mass is 302 g/mol. The average molecular weight is 302 g/mol. The molecule has 1 atom stereocenters. The van der Waals surface area contributed by atoms with E-state index < -0.39 is 15.3 Å². The highest BCUT2D eigenvalue weighted by atomic mass is 32.2. The van der Waals surface area contributed by atoms with Crippen molar-refractivity contribution in [1.82, 2.24) is 10.2 Å². The molecule has 2 aliphatic rings. The summed E-state index contributed by atoms with van der Waals surface area (Å²) in [7, 11) is -2.96. The van der Waals surface area contributed by atoms with E-state index in [9.17, 15) is 13.2 Å². The molecule has 2 aliphatic heterocycles. The molecule has 2 saturated heterocycles. The van der Waals surface area contributed by atoms with E-state index in [0.717, 1.165) is 25.9 Å². The molecule has 0 bridgehead atoms. The Hall–Kier alpha value is -0.620. The molecule has 0 spiro atoms. The molecule has 0 aromatic rings. The molecule has 0 aromatic heterocycles. The van der Waals surface area contributed by atoms with Crippen molar-refractivity contribution in [2.24, 2.45) is 11.3 Å². The van der Waals surface area contributed by atoms with Crippen molar-refractivity contribution < 1.29 is 13.2 Å². The summed E-state index contributed by atoms with van der Waals surface area (Å²) >= 11 is 0. The van der Waals surface area contributed by atoms with Crippen molar-refractivity contribution >= 4 is 15.7 Å². The van der Waals surface area contributed by atoms with Crippen LogP contribution in [0.5, 0.6) is 0 Å². The topological polar surface area (TPSA) is 66.5 Å². The third-order valence-electron chi connectivity index (χ3n) is 4.71. The van der Waals surface area contributed by atoms with Crippen LogP contribution in [0.25, 0.3) is 0 Å². The van der Waals surface area contributed by atoms with Crippen LogP contribution in [0, 0.1) is 11.3 Å². The van der Waals surface area contributed by atoms with Crippen LogP contribution < -0.4 is 5.32 Å². The van der Waals surface area contributed by atoms with Gasteiger partial charge in [-0.15, -0.1) is 0 Å². The first kappa shape index (κ1) is 15.8. The minimum atomic E-state index is -2.96. The lowest BCUT2D eigenvalue weighted by molar-refractivity contribution is -0.143. The van der Waals surface area contributed by atoms with Gasteiger partial charge in [-0.3, -0.25) is 4.79 Å². The number of nitrogens with one attached hydrogen (secondary N) is 1. The van der Waals surface area contributed by atoms with Gasteiger partial charge in [-0.2, -0.15) is 0 Å². The third kappa shape index (κ3) is 3.52. The van der Waals surface area contributed by atoms with Gasteiger partial charge in [0, 0.05) is 18.5 Å². The molecular formula is C14H26N2O3S. The highest BCUT2D eigenvalue weighted by molar-refractivity contribution is 7.91. The molecule has 5 nitrogen and oxygen atoms in total. The maximum absolute atomic E-state index is 12.8. The molecule has 0 saturated carbocycles. The Morgan fingerprint density at radius 1 is 1.20 bits per heavy atom. The lowest BCUT2D eigenvalue weighted by atomic mass is 9.74. The van der Waals surface area contributed by atoms with E-state index in [0.29, 0.717) is 25.4 Å². The molecule has 0 aromatic carbocycles. The molecule has 20 heavy (non-hydrogen) atoms. The zero-order valence-electron chi connectivity index (χ0n) is 12.5. The zero-order chi connectivity index (χ0) is 14.8. The maximum atomic E-state index is 12.8. The van der Waals surface area contributed by atoms with Crippen LogP contribution in [0.15, 0.2) is 0 Å². The van der Waals surface area contributed by atoms with Gasteiger partial charge in [-0.25, -0.2) is 8.42 Å². The summed E-state index contributed by atoms with van der Waals surface area (Å²) in [6.45, 7) is 6.85. The molecule has 1 amide bonds. The first-order valence-corrected chi connectivity index (χ1v) is 9.35. The van der Waals surface area contributed by atoms with Gasteiger partial charge in [-0.05, 0) is 38.3 Å². The van der Waals surface area contributed by atoms with Gasteiger partial charge in [0.2, 0.25) is 5.91 Å². The number of sulfone groups is 1. The highest BCUT2D eigenvalue weighted by Crippen LogP contribution is 2.34. The van der Waals surface area contributed by atoms with Crippen LogP contribution in [-0.4, -0.2) is 56.9 Å². The van der Waals surface area contributed by atoms with E-state index in [-0.39, 0.29) is 17.4 Å². The zero-order valence-corrected chi connectivity index (χ0v) is 13.3. The van der Waals surface area contributed by atoms with Gasteiger partial charge >= 0.3 is 0 Å². The molecule has 0 radical (unpaired) electrons. The number of piperidine rings is 1. The first-order valence-electron chi connectivity index (χ1n) is 7.53.